The Kier molecular flexibility index (Phi) is 22.1. The molecule has 4 N–H and O–H groups in total. The van der Waals surface area contributed by atoms with E-state index in [1.165, 1.54) is 126 Å². The molecule has 8 aliphatic rings. The van der Waals surface area contributed by atoms with Gasteiger partial charge in [-0.15, -0.1) is 0 Å². The highest BCUT2D eigenvalue weighted by atomic mass is 19.4. The van der Waals surface area contributed by atoms with E-state index in [-0.39, 0.29) is 82.8 Å². The quantitative estimate of drug-likeness (QED) is 0.0815. The Bertz CT molecular complexity index is 3170. The van der Waals surface area contributed by atoms with Crippen LogP contribution < -0.4 is 35.9 Å². The first-order valence-corrected chi connectivity index (χ1v) is 31.0. The number of ether oxygens (including phenoxy) is 2. The molecule has 19 nitrogen and oxygen atoms in total. The van der Waals surface area contributed by atoms with Crippen molar-refractivity contribution in [1.82, 2.24) is 49.5 Å². The van der Waals surface area contributed by atoms with Crippen molar-refractivity contribution in [2.75, 3.05) is 120 Å². The molecule has 0 spiro atoms. The number of hydrogen-bond acceptors (Lipinski definition) is 17. The number of carbonyl (C=O) groups is 2. The molecule has 11 heterocycles. The summed E-state index contributed by atoms with van der Waals surface area (Å²) in [6, 6.07) is 2.86. The Labute approximate surface area is 522 Å². The van der Waals surface area contributed by atoms with E-state index in [9.17, 15) is 44.8 Å². The lowest BCUT2D eigenvalue weighted by atomic mass is 9.88. The van der Waals surface area contributed by atoms with Crippen LogP contribution in [0.1, 0.15) is 123 Å². The molecule has 0 saturated carbocycles. The summed E-state index contributed by atoms with van der Waals surface area (Å²) in [5, 5.41) is 0.336. The second-order valence-electron chi connectivity index (χ2n) is 25.2. The van der Waals surface area contributed by atoms with Crippen molar-refractivity contribution < 1.29 is 54.3 Å². The van der Waals surface area contributed by atoms with Gasteiger partial charge >= 0.3 is 24.4 Å². The Morgan fingerprint density at radius 1 is 0.756 bits per heavy atom. The standard InChI is InChI=1S/C25H37N5O2.C16H18F4N6O.C8H14FN.C7H7F3N2.C7H11NO/c1-4-22(31)29-15-19(16-29)14-28(3)23-20-13-18(2)7-8-21(20)26-24(27-23)32-17-25-9-5-11-30(25)12-6-10-25;1-8-6-11(21)23-14(12(8)16(17,18)19)26-5-4-9-10(7-26)22-15(27-3)24-13(9)25(2)20;1-8-3-2-4-10(8)6-7(9)5-8;1-4-2-6(11)12-3-5(4)7(8,9)10;1-2-7(9)8-5-3-4-6-8/h4,18-19H,1,5-17H2,2-3H3;6H,4-5,7H2,1-3H3,(H2,21,23);7H,2-6H2,1H3;2-3H,1H3,(H2,11,12);2H,1,3-6H2. The molecule has 3 atom stereocenters. The van der Waals surface area contributed by atoms with Crippen molar-refractivity contribution in [3.63, 3.8) is 0 Å². The van der Waals surface area contributed by atoms with Crippen LogP contribution in [0.2, 0.25) is 0 Å². The first-order chi connectivity index (χ1) is 42.5. The average Bonchev–Trinajstić information content (AvgIpc) is 1.09. The van der Waals surface area contributed by atoms with Crippen LogP contribution in [0.4, 0.5) is 64.3 Å². The first-order valence-electron chi connectivity index (χ1n) is 31.0. The minimum Gasteiger partial charge on any atom is -0.467 e. The maximum absolute atomic E-state index is 13.8. The van der Waals surface area contributed by atoms with Crippen molar-refractivity contribution >= 4 is 40.9 Å². The maximum atomic E-state index is 13.8. The number of anilines is 5. The number of alkyl halides is 7. The number of nitrogens with zero attached hydrogens (tertiary/aromatic N) is 13. The van der Waals surface area contributed by atoms with Crippen LogP contribution in [-0.4, -0.2) is 172 Å². The van der Waals surface area contributed by atoms with Crippen LogP contribution in [0.15, 0.2) is 43.6 Å². The summed E-state index contributed by atoms with van der Waals surface area (Å²) >= 11 is 0. The summed E-state index contributed by atoms with van der Waals surface area (Å²) in [5.74, 6) is 2.10. The number of amides is 2. The van der Waals surface area contributed by atoms with Crippen LogP contribution in [-0.2, 0) is 47.7 Å². The number of aryl methyl sites for hydroxylation is 3. The van der Waals surface area contributed by atoms with Gasteiger partial charge in [0.25, 0.3) is 0 Å². The van der Waals surface area contributed by atoms with Crippen LogP contribution in [0, 0.1) is 25.7 Å². The van der Waals surface area contributed by atoms with Crippen molar-refractivity contribution in [3.8, 4) is 12.0 Å². The number of carbonyl (C=O) groups excluding carboxylic acids is 2. The maximum Gasteiger partial charge on any atom is 0.420 e. The lowest BCUT2D eigenvalue weighted by Gasteiger charge is -2.41. The highest BCUT2D eigenvalue weighted by Crippen LogP contribution is 2.43. The van der Waals surface area contributed by atoms with Gasteiger partial charge in [-0.1, -0.05) is 24.6 Å². The fourth-order valence-corrected chi connectivity index (χ4v) is 13.8. The minimum atomic E-state index is -4.59. The highest BCUT2D eigenvalue weighted by molar-refractivity contribution is 5.87. The van der Waals surface area contributed by atoms with Crippen molar-refractivity contribution in [2.45, 2.75) is 147 Å². The fraction of sp³-hybridized carbons (Fsp3) is 0.619. The monoisotopic (exact) mass is 1270 g/mol. The molecule has 6 saturated heterocycles. The topological polar surface area (TPSA) is 205 Å². The van der Waals surface area contributed by atoms with Crippen molar-refractivity contribution in [2.24, 2.45) is 11.8 Å². The van der Waals surface area contributed by atoms with E-state index in [4.69, 9.17) is 30.9 Å². The number of fused-ring (bicyclic) bond motifs is 4. The van der Waals surface area contributed by atoms with Gasteiger partial charge in [-0.05, 0) is 165 Å². The van der Waals surface area contributed by atoms with Crippen LogP contribution in [0.5, 0.6) is 12.0 Å². The lowest BCUT2D eigenvalue weighted by molar-refractivity contribution is -0.138. The highest BCUT2D eigenvalue weighted by Gasteiger charge is 2.47. The van der Waals surface area contributed by atoms with Gasteiger partial charge in [0.1, 0.15) is 41.6 Å². The van der Waals surface area contributed by atoms with E-state index in [0.29, 0.717) is 47.4 Å². The van der Waals surface area contributed by atoms with Gasteiger partial charge in [0.15, 0.2) is 5.82 Å². The van der Waals surface area contributed by atoms with Crippen LogP contribution in [0.25, 0.3) is 0 Å². The van der Waals surface area contributed by atoms with Gasteiger partial charge in [0, 0.05) is 88.7 Å². The van der Waals surface area contributed by atoms with Crippen LogP contribution >= 0.6 is 0 Å². The number of rotatable bonds is 11. The van der Waals surface area contributed by atoms with E-state index in [2.05, 4.69) is 68.7 Å². The van der Waals surface area contributed by atoms with E-state index < -0.39 is 29.7 Å². The Morgan fingerprint density at radius 2 is 1.38 bits per heavy atom. The number of nitrogen functional groups attached to an aromatic ring is 2. The molecule has 1 aliphatic carbocycles. The summed E-state index contributed by atoms with van der Waals surface area (Å²) < 4.78 is 115. The van der Waals surface area contributed by atoms with Gasteiger partial charge < -0.3 is 40.5 Å². The zero-order valence-corrected chi connectivity index (χ0v) is 52.8. The number of hydrogen-bond donors (Lipinski definition) is 2. The third-order valence-corrected chi connectivity index (χ3v) is 18.4. The summed E-state index contributed by atoms with van der Waals surface area (Å²) in [7, 11) is 4.63. The molecule has 0 aromatic carbocycles. The third-order valence-electron chi connectivity index (χ3n) is 18.4. The number of aromatic nitrogens is 6. The summed E-state index contributed by atoms with van der Waals surface area (Å²) in [4.78, 5) is 60.2. The third kappa shape index (κ3) is 16.5. The molecule has 12 rings (SSSR count). The molecular weight excluding hydrogens is 1180 g/mol. The number of methoxy groups -OCH3 is 1. The van der Waals surface area contributed by atoms with Crippen molar-refractivity contribution in [1.29, 1.82) is 0 Å². The first kappa shape index (κ1) is 68.7. The number of likely N-dealkylation sites (tertiary alicyclic amines) is 2. The molecule has 7 aliphatic heterocycles. The molecule has 6 fully saturated rings. The van der Waals surface area contributed by atoms with Gasteiger partial charge in [0.05, 0.1) is 36.1 Å². The second-order valence-corrected chi connectivity index (χ2v) is 25.2. The molecule has 90 heavy (non-hydrogen) atoms. The van der Waals surface area contributed by atoms with Gasteiger partial charge in [-0.3, -0.25) is 19.4 Å². The molecular formula is C63H87F8N15O4. The average molecular weight is 1270 g/mol. The Balaban J connectivity index is 0.000000160. The summed E-state index contributed by atoms with van der Waals surface area (Å²) in [6.07, 6.45) is 8.02. The Morgan fingerprint density at radius 3 is 1.99 bits per heavy atom. The normalized spacial score (nSPS) is 21.7. The van der Waals surface area contributed by atoms with E-state index in [0.717, 1.165) is 83.4 Å². The minimum absolute atomic E-state index is 0.00593. The number of pyridine rings is 2. The molecule has 27 heteroatoms. The van der Waals surface area contributed by atoms with Crippen LogP contribution in [0.3, 0.4) is 0 Å². The molecule has 0 bridgehead atoms. The largest absolute Gasteiger partial charge is 0.467 e. The van der Waals surface area contributed by atoms with E-state index in [1.807, 2.05) is 9.80 Å². The number of nitrogens with two attached hydrogens (primary N) is 2. The fourth-order valence-electron chi connectivity index (χ4n) is 13.8. The zero-order valence-electron chi connectivity index (χ0n) is 52.8. The zero-order chi connectivity index (χ0) is 65.5. The molecule has 3 unspecified atom stereocenters. The number of halogens is 8. The van der Waals surface area contributed by atoms with E-state index in [1.54, 1.807) is 0 Å². The van der Waals surface area contributed by atoms with Crippen molar-refractivity contribution in [3.05, 3.63) is 88.4 Å². The second kappa shape index (κ2) is 29.0. The Hall–Kier alpha value is -7.16. The van der Waals surface area contributed by atoms with Gasteiger partial charge in [-0.25, -0.2) is 14.4 Å². The van der Waals surface area contributed by atoms with Gasteiger partial charge in [0.2, 0.25) is 11.8 Å². The smallest absolute Gasteiger partial charge is 0.420 e. The SMILES string of the molecule is C=CC(=O)N1CC(CN(C)c2nc(OCC34CCCN3CCC4)nc3c2CC(C)CC3)C1.C=CC(=O)N1CCCC1.CC12CCCN1CC(F)C2.COc1nc2c(c(N(C)F)n1)CCN(c1nc(N)cc(C)c1C(F)(F)F)C2.Cc1cc(N)ncc1C(F)(F)F. The van der Waals surface area contributed by atoms with Gasteiger partial charge in [-0.2, -0.15) is 51.4 Å². The predicted octanol–water partition coefficient (Wildman–Crippen LogP) is 9.73. The molecule has 4 aromatic heterocycles. The molecule has 2 amide bonds. The van der Waals surface area contributed by atoms with E-state index >= 15 is 0 Å². The molecule has 4 aromatic rings. The summed E-state index contributed by atoms with van der Waals surface area (Å²) in [5.41, 5.74) is 13.2. The lowest BCUT2D eigenvalue weighted by Crippen LogP contribution is -2.53. The molecule has 494 valence electrons. The molecule has 0 radical (unpaired) electrons. The summed E-state index contributed by atoms with van der Waals surface area (Å²) in [6.45, 7) is 23.6. The predicted molar refractivity (Wildman–Crippen MR) is 329 cm³/mol.